The summed E-state index contributed by atoms with van der Waals surface area (Å²) in [6, 6.07) is 0. The highest BCUT2D eigenvalue weighted by Crippen LogP contribution is 2.19. The fourth-order valence-corrected chi connectivity index (χ4v) is 3.17. The van der Waals surface area contributed by atoms with E-state index in [1.54, 1.807) is 0 Å². The molecule has 1 fully saturated rings. The highest BCUT2D eigenvalue weighted by atomic mass is 35.5. The molecule has 128 valence electrons. The predicted molar refractivity (Wildman–Crippen MR) is 95.6 cm³/mol. The summed E-state index contributed by atoms with van der Waals surface area (Å²) in [4.78, 5) is 21.0. The molecule has 0 aromatic carbocycles. The molecule has 1 atom stereocenters. The van der Waals surface area contributed by atoms with Crippen LogP contribution in [0.25, 0.3) is 0 Å². The number of carbonyl (C=O) groups excluding carboxylic acids is 1. The van der Waals surface area contributed by atoms with Gasteiger partial charge in [-0.15, -0.1) is 24.8 Å². The molecule has 1 saturated heterocycles. The van der Waals surface area contributed by atoms with Crippen LogP contribution in [0.15, 0.2) is 0 Å². The first-order valence-electron chi connectivity index (χ1n) is 7.10. The van der Waals surface area contributed by atoms with Crippen molar-refractivity contribution in [2.45, 2.75) is 20.3 Å². The van der Waals surface area contributed by atoms with Gasteiger partial charge in [-0.3, -0.25) is 4.79 Å². The maximum atomic E-state index is 12.3. The quantitative estimate of drug-likeness (QED) is 0.872. The van der Waals surface area contributed by atoms with E-state index < -0.39 is 0 Å². The van der Waals surface area contributed by atoms with E-state index in [0.29, 0.717) is 0 Å². The van der Waals surface area contributed by atoms with Crippen LogP contribution in [0.2, 0.25) is 0 Å². The number of aryl methyl sites for hydroxylation is 1. The van der Waals surface area contributed by atoms with Gasteiger partial charge in [-0.05, 0) is 20.4 Å². The van der Waals surface area contributed by atoms with Gasteiger partial charge in [-0.1, -0.05) is 6.92 Å². The van der Waals surface area contributed by atoms with E-state index >= 15 is 0 Å². The van der Waals surface area contributed by atoms with E-state index in [1.807, 2.05) is 25.8 Å². The molecule has 0 aliphatic carbocycles. The molecule has 0 saturated carbocycles. The molecule has 2 heterocycles. The number of rotatable bonds is 4. The minimum Gasteiger partial charge on any atom is -0.345 e. The van der Waals surface area contributed by atoms with Crippen molar-refractivity contribution in [2.75, 3.05) is 44.7 Å². The van der Waals surface area contributed by atoms with Gasteiger partial charge in [-0.2, -0.15) is 4.37 Å². The minimum absolute atomic E-state index is 0. The van der Waals surface area contributed by atoms with E-state index in [1.165, 1.54) is 11.5 Å². The molecule has 1 unspecified atom stereocenters. The van der Waals surface area contributed by atoms with Gasteiger partial charge < -0.3 is 15.1 Å². The highest BCUT2D eigenvalue weighted by molar-refractivity contribution is 7.09. The first kappa shape index (κ1) is 21.4. The maximum absolute atomic E-state index is 12.3. The molecular weight excluding hydrogens is 345 g/mol. The van der Waals surface area contributed by atoms with Gasteiger partial charge in [0.05, 0.1) is 0 Å². The highest BCUT2D eigenvalue weighted by Gasteiger charge is 2.23. The van der Waals surface area contributed by atoms with E-state index in [-0.39, 0.29) is 36.6 Å². The van der Waals surface area contributed by atoms with Gasteiger partial charge >= 0.3 is 0 Å². The first-order chi connectivity index (χ1) is 9.61. The number of nitrogens with one attached hydrogen (secondary N) is 1. The topological polar surface area (TPSA) is 61.4 Å². The zero-order chi connectivity index (χ0) is 14.5. The average Bonchev–Trinajstić information content (AvgIpc) is 2.72. The zero-order valence-electron chi connectivity index (χ0n) is 13.2. The third-order valence-electron chi connectivity index (χ3n) is 3.53. The van der Waals surface area contributed by atoms with Crippen LogP contribution in [-0.4, -0.2) is 59.9 Å². The van der Waals surface area contributed by atoms with Crippen molar-refractivity contribution in [3.63, 3.8) is 0 Å². The molecule has 1 N–H and O–H groups in total. The molecule has 1 aromatic heterocycles. The Bertz CT molecular complexity index is 459. The second kappa shape index (κ2) is 10.2. The van der Waals surface area contributed by atoms with Crippen LogP contribution < -0.4 is 10.2 Å². The number of halogens is 2. The van der Waals surface area contributed by atoms with E-state index in [9.17, 15) is 4.79 Å². The molecule has 6 nitrogen and oxygen atoms in total. The Morgan fingerprint density at radius 1 is 1.32 bits per heavy atom. The maximum Gasteiger partial charge on any atom is 0.226 e. The van der Waals surface area contributed by atoms with Crippen LogP contribution in [0.1, 0.15) is 19.2 Å². The second-order valence-corrected chi connectivity index (χ2v) is 5.98. The van der Waals surface area contributed by atoms with Gasteiger partial charge in [0.1, 0.15) is 5.82 Å². The molecule has 1 aliphatic rings. The number of anilines is 1. The third-order valence-corrected chi connectivity index (χ3v) is 4.40. The number of hydrogen-bond acceptors (Lipinski definition) is 6. The summed E-state index contributed by atoms with van der Waals surface area (Å²) < 4.78 is 4.23. The Labute approximate surface area is 148 Å². The van der Waals surface area contributed by atoms with Gasteiger partial charge in [0.25, 0.3) is 0 Å². The Morgan fingerprint density at radius 3 is 2.64 bits per heavy atom. The van der Waals surface area contributed by atoms with Crippen molar-refractivity contribution in [3.05, 3.63) is 5.82 Å². The van der Waals surface area contributed by atoms with Crippen molar-refractivity contribution in [2.24, 2.45) is 5.92 Å². The number of aromatic nitrogens is 2. The molecule has 0 spiro atoms. The van der Waals surface area contributed by atoms with Crippen LogP contribution in [0.3, 0.4) is 0 Å². The lowest BCUT2D eigenvalue weighted by Crippen LogP contribution is -2.40. The molecule has 22 heavy (non-hydrogen) atoms. The van der Waals surface area contributed by atoms with Gasteiger partial charge in [0.2, 0.25) is 11.0 Å². The largest absolute Gasteiger partial charge is 0.345 e. The second-order valence-electron chi connectivity index (χ2n) is 5.25. The molecule has 1 aromatic rings. The van der Waals surface area contributed by atoms with E-state index in [4.69, 9.17) is 0 Å². The smallest absolute Gasteiger partial charge is 0.226 e. The van der Waals surface area contributed by atoms with Crippen molar-refractivity contribution >= 4 is 47.4 Å². The van der Waals surface area contributed by atoms with Crippen molar-refractivity contribution in [3.8, 4) is 0 Å². The Morgan fingerprint density at radius 2 is 2.05 bits per heavy atom. The van der Waals surface area contributed by atoms with Crippen molar-refractivity contribution < 1.29 is 4.79 Å². The van der Waals surface area contributed by atoms with E-state index in [0.717, 1.165) is 50.1 Å². The van der Waals surface area contributed by atoms with E-state index in [2.05, 4.69) is 19.6 Å². The summed E-state index contributed by atoms with van der Waals surface area (Å²) in [5.74, 6) is 1.11. The number of amides is 1. The van der Waals surface area contributed by atoms with Crippen molar-refractivity contribution in [1.29, 1.82) is 0 Å². The van der Waals surface area contributed by atoms with Gasteiger partial charge in [0.15, 0.2) is 0 Å². The van der Waals surface area contributed by atoms with Crippen LogP contribution in [-0.2, 0) is 4.79 Å². The SMILES string of the molecule is CNCC(C)C(=O)N1CCCN(c2nc(C)ns2)CC1.Cl.Cl. The summed E-state index contributed by atoms with van der Waals surface area (Å²) >= 11 is 1.44. The average molecular weight is 370 g/mol. The van der Waals surface area contributed by atoms with Gasteiger partial charge in [-0.25, -0.2) is 4.98 Å². The fourth-order valence-electron chi connectivity index (χ4n) is 2.45. The molecule has 1 aliphatic heterocycles. The third kappa shape index (κ3) is 5.53. The van der Waals surface area contributed by atoms with Crippen LogP contribution in [0.5, 0.6) is 0 Å². The zero-order valence-corrected chi connectivity index (χ0v) is 15.7. The summed E-state index contributed by atoms with van der Waals surface area (Å²) in [7, 11) is 1.88. The lowest BCUT2D eigenvalue weighted by molar-refractivity contribution is -0.134. The lowest BCUT2D eigenvalue weighted by Gasteiger charge is -2.24. The van der Waals surface area contributed by atoms with Crippen LogP contribution in [0, 0.1) is 12.8 Å². The van der Waals surface area contributed by atoms with Crippen LogP contribution in [0.4, 0.5) is 5.13 Å². The fraction of sp³-hybridized carbons (Fsp3) is 0.769. The number of carbonyl (C=O) groups is 1. The van der Waals surface area contributed by atoms with Crippen LogP contribution >= 0.6 is 36.3 Å². The minimum atomic E-state index is 0. The Hall–Kier alpha value is -0.630. The predicted octanol–water partition coefficient (Wildman–Crippen LogP) is 1.58. The normalized spacial score (nSPS) is 16.3. The Balaban J connectivity index is 0.00000220. The number of nitrogens with zero attached hydrogens (tertiary/aromatic N) is 4. The summed E-state index contributed by atoms with van der Waals surface area (Å²) in [5, 5.41) is 4.04. The monoisotopic (exact) mass is 369 g/mol. The standard InChI is InChI=1S/C13H23N5OS.2ClH/c1-10(9-14-3)12(19)17-5-4-6-18(8-7-17)13-15-11(2)16-20-13;;/h10,14H,4-9H2,1-3H3;2*1H. The Kier molecular flexibility index (Phi) is 9.91. The first-order valence-corrected chi connectivity index (χ1v) is 7.87. The molecule has 9 heteroatoms. The summed E-state index contributed by atoms with van der Waals surface area (Å²) in [6.07, 6.45) is 0.983. The molecular formula is C13H25Cl2N5OS. The number of hydrogen-bond donors (Lipinski definition) is 1. The van der Waals surface area contributed by atoms with Crippen molar-refractivity contribution in [1.82, 2.24) is 19.6 Å². The molecule has 2 rings (SSSR count). The summed E-state index contributed by atoms with van der Waals surface area (Å²) in [5.41, 5.74) is 0. The van der Waals surface area contributed by atoms with Gasteiger partial charge in [0, 0.05) is 50.2 Å². The summed E-state index contributed by atoms with van der Waals surface area (Å²) in [6.45, 7) is 8.01. The lowest BCUT2D eigenvalue weighted by atomic mass is 10.1. The molecule has 1 amide bonds. The molecule has 0 radical (unpaired) electrons. The molecule has 0 bridgehead atoms.